The number of aryl methyl sites for hydroxylation is 1. The number of ether oxygens (including phenoxy) is 2. The molecule has 0 spiro atoms. The van der Waals surface area contributed by atoms with Crippen molar-refractivity contribution < 1.29 is 17.9 Å². The highest BCUT2D eigenvalue weighted by Crippen LogP contribution is 2.36. The van der Waals surface area contributed by atoms with Crippen LogP contribution in [-0.2, 0) is 26.2 Å². The van der Waals surface area contributed by atoms with Gasteiger partial charge in [-0.05, 0) is 80.1 Å². The zero-order valence-corrected chi connectivity index (χ0v) is 33.1. The number of para-hydroxylation sites is 1. The van der Waals surface area contributed by atoms with Crippen LogP contribution in [-0.4, -0.2) is 75.8 Å². The Morgan fingerprint density at radius 3 is 2.59 bits per heavy atom. The molecule has 6 heterocycles. The van der Waals surface area contributed by atoms with Crippen molar-refractivity contribution in [2.24, 2.45) is 5.92 Å². The zero-order chi connectivity index (χ0) is 38.0. The maximum Gasteiger partial charge on any atom is 0.282 e. The van der Waals surface area contributed by atoms with Gasteiger partial charge in [-0.15, -0.1) is 0 Å². The minimum Gasteiger partial charge on any atom is -0.381 e. The molecule has 1 atom stereocenters. The maximum atomic E-state index is 14.0. The van der Waals surface area contributed by atoms with Crippen LogP contribution in [0, 0.1) is 12.8 Å². The van der Waals surface area contributed by atoms with Gasteiger partial charge in [-0.25, -0.2) is 27.9 Å². The summed E-state index contributed by atoms with van der Waals surface area (Å²) in [6.07, 6.45) is 8.24. The lowest BCUT2D eigenvalue weighted by molar-refractivity contribution is 0.0724. The van der Waals surface area contributed by atoms with E-state index in [0.717, 1.165) is 17.2 Å². The normalized spacial score (nSPS) is 14.8. The molecule has 0 radical (unpaired) electrons. The third kappa shape index (κ3) is 8.26. The van der Waals surface area contributed by atoms with Crippen molar-refractivity contribution in [1.29, 1.82) is 0 Å². The second-order valence-corrected chi connectivity index (χ2v) is 22.5. The van der Waals surface area contributed by atoms with E-state index in [1.807, 2.05) is 67.1 Å². The fourth-order valence-corrected chi connectivity index (χ4v) is 9.00. The summed E-state index contributed by atoms with van der Waals surface area (Å²) in [4.78, 5) is 27.8. The van der Waals surface area contributed by atoms with Crippen LogP contribution in [0.5, 0.6) is 0 Å². The Bertz CT molecular complexity index is 2440. The summed E-state index contributed by atoms with van der Waals surface area (Å²) in [6.45, 7) is 12.8. The van der Waals surface area contributed by atoms with Crippen molar-refractivity contribution in [3.63, 3.8) is 0 Å². The lowest BCUT2D eigenvalue weighted by Gasteiger charge is -2.21. The molecule has 2 N–H and O–H groups in total. The van der Waals surface area contributed by atoms with Crippen LogP contribution in [0.2, 0.25) is 25.7 Å². The molecule has 0 saturated carbocycles. The molecule has 1 fully saturated rings. The largest absolute Gasteiger partial charge is 0.381 e. The molecular weight excluding hydrogens is 723 g/mol. The zero-order valence-electron chi connectivity index (χ0n) is 31.3. The van der Waals surface area contributed by atoms with E-state index in [4.69, 9.17) is 24.5 Å². The molecule has 6 aromatic rings. The predicted molar refractivity (Wildman–Crippen MR) is 213 cm³/mol. The SMILES string of the molecule is Cc1ccn2nc(C(C)Nc3ncnc4c3c(-c3ccnc(NS(=O)(=O)CC5CCOCC5)c3)cn4COCC[Si](C)(C)C)n(-c3ccccc3)c(=O)c12. The fraction of sp³-hybridized carbons (Fsp3) is 0.395. The second-order valence-electron chi connectivity index (χ2n) is 15.1. The van der Waals surface area contributed by atoms with Crippen molar-refractivity contribution in [2.75, 3.05) is 35.6 Å². The number of pyridine rings is 1. The maximum absolute atomic E-state index is 14.0. The number of hydrogen-bond donors (Lipinski definition) is 2. The molecule has 16 heteroatoms. The molecule has 1 saturated heterocycles. The van der Waals surface area contributed by atoms with E-state index in [2.05, 4.69) is 34.7 Å². The molecular formula is C38H47N9O5SSi. The molecule has 284 valence electrons. The van der Waals surface area contributed by atoms with Gasteiger partial charge in [0.25, 0.3) is 5.56 Å². The quantitative estimate of drug-likeness (QED) is 0.0958. The first-order chi connectivity index (χ1) is 25.9. The smallest absolute Gasteiger partial charge is 0.282 e. The van der Waals surface area contributed by atoms with E-state index in [-0.39, 0.29) is 29.8 Å². The first-order valence-electron chi connectivity index (χ1n) is 18.3. The summed E-state index contributed by atoms with van der Waals surface area (Å²) in [5.74, 6) is 1.26. The van der Waals surface area contributed by atoms with E-state index in [9.17, 15) is 13.2 Å². The van der Waals surface area contributed by atoms with Gasteiger partial charge < -0.3 is 19.4 Å². The average molecular weight is 770 g/mol. The number of aromatic nitrogens is 7. The van der Waals surface area contributed by atoms with Gasteiger partial charge in [-0.1, -0.05) is 37.8 Å². The summed E-state index contributed by atoms with van der Waals surface area (Å²) in [6, 6.07) is 15.4. The number of fused-ring (bicyclic) bond motifs is 2. The molecule has 5 aromatic heterocycles. The summed E-state index contributed by atoms with van der Waals surface area (Å²) in [5.41, 5.74) is 3.96. The summed E-state index contributed by atoms with van der Waals surface area (Å²) in [5, 5.41) is 9.17. The highest BCUT2D eigenvalue weighted by Gasteiger charge is 2.25. The van der Waals surface area contributed by atoms with Crippen LogP contribution in [0.4, 0.5) is 11.6 Å². The second kappa shape index (κ2) is 15.5. The van der Waals surface area contributed by atoms with Gasteiger partial charge in [0.2, 0.25) is 10.0 Å². The van der Waals surface area contributed by atoms with Crippen LogP contribution in [0.15, 0.2) is 78.2 Å². The monoisotopic (exact) mass is 769 g/mol. The Labute approximate surface area is 315 Å². The Balaban J connectivity index is 1.28. The van der Waals surface area contributed by atoms with E-state index in [0.29, 0.717) is 72.1 Å². The number of sulfonamides is 1. The van der Waals surface area contributed by atoms with Gasteiger partial charge in [0.15, 0.2) is 5.82 Å². The van der Waals surface area contributed by atoms with Gasteiger partial charge in [-0.3, -0.25) is 14.1 Å². The third-order valence-electron chi connectivity index (χ3n) is 9.68. The van der Waals surface area contributed by atoms with Crippen molar-refractivity contribution in [1.82, 2.24) is 33.7 Å². The molecule has 1 aliphatic heterocycles. The molecule has 0 aliphatic carbocycles. The molecule has 14 nitrogen and oxygen atoms in total. The summed E-state index contributed by atoms with van der Waals surface area (Å²) < 4.78 is 45.9. The highest BCUT2D eigenvalue weighted by atomic mass is 32.2. The molecule has 0 bridgehead atoms. The number of benzene rings is 1. The van der Waals surface area contributed by atoms with Gasteiger partial charge in [0, 0.05) is 52.0 Å². The minimum absolute atomic E-state index is 0.00654. The molecule has 1 aliphatic rings. The minimum atomic E-state index is -3.66. The molecule has 0 amide bonds. The van der Waals surface area contributed by atoms with Gasteiger partial charge in [0.1, 0.15) is 35.9 Å². The lowest BCUT2D eigenvalue weighted by atomic mass is 10.0. The highest BCUT2D eigenvalue weighted by molar-refractivity contribution is 7.92. The Morgan fingerprint density at radius 1 is 1.06 bits per heavy atom. The van der Waals surface area contributed by atoms with Crippen molar-refractivity contribution in [3.8, 4) is 16.8 Å². The number of hydrogen-bond acceptors (Lipinski definition) is 10. The van der Waals surface area contributed by atoms with Crippen molar-refractivity contribution in [3.05, 3.63) is 95.2 Å². The Kier molecular flexibility index (Phi) is 10.7. The number of nitrogens with zero attached hydrogens (tertiary/aromatic N) is 7. The Morgan fingerprint density at radius 2 is 1.83 bits per heavy atom. The van der Waals surface area contributed by atoms with E-state index >= 15 is 0 Å². The number of rotatable bonds is 14. The lowest BCUT2D eigenvalue weighted by Crippen LogP contribution is -2.29. The number of nitrogens with one attached hydrogen (secondary N) is 2. The van der Waals surface area contributed by atoms with Crippen LogP contribution < -0.4 is 15.6 Å². The van der Waals surface area contributed by atoms with Crippen LogP contribution in [0.25, 0.3) is 33.4 Å². The van der Waals surface area contributed by atoms with Gasteiger partial charge in [0.05, 0.1) is 22.9 Å². The molecule has 54 heavy (non-hydrogen) atoms. The number of anilines is 2. The third-order valence-corrected chi connectivity index (χ3v) is 12.8. The van der Waals surface area contributed by atoms with Crippen molar-refractivity contribution in [2.45, 2.75) is 65.1 Å². The van der Waals surface area contributed by atoms with Crippen LogP contribution >= 0.6 is 0 Å². The summed E-state index contributed by atoms with van der Waals surface area (Å²) in [7, 11) is -4.98. The van der Waals surface area contributed by atoms with Gasteiger partial charge in [-0.2, -0.15) is 5.10 Å². The van der Waals surface area contributed by atoms with Crippen molar-refractivity contribution >= 4 is 46.3 Å². The van der Waals surface area contributed by atoms with E-state index < -0.39 is 24.1 Å². The standard InChI is InChI=1S/C38H47N9O5SSi/c1-26-12-16-46-34(26)38(48)47(30-9-7-6-8-10-30)36(43-46)27(2)42-35-33-31(22-45(37(33)41-24-40-35)25-52-19-20-54(3,4)5)29-11-15-39-32(21-29)44-53(49,50)23-28-13-17-51-18-14-28/h6-12,15-16,21-22,24,27-28H,13-14,17-20,23,25H2,1-5H3,(H,39,44)(H,40,41,42). The predicted octanol–water partition coefficient (Wildman–Crippen LogP) is 6.25. The summed E-state index contributed by atoms with van der Waals surface area (Å²) >= 11 is 0. The topological polar surface area (TPSA) is 160 Å². The fourth-order valence-electron chi connectivity index (χ4n) is 6.78. The Hall–Kier alpha value is -4.90. The van der Waals surface area contributed by atoms with Crippen LogP contribution in [0.1, 0.15) is 37.2 Å². The molecule has 7 rings (SSSR count). The van der Waals surface area contributed by atoms with Gasteiger partial charge >= 0.3 is 0 Å². The molecule has 1 aromatic carbocycles. The first-order valence-corrected chi connectivity index (χ1v) is 23.6. The first kappa shape index (κ1) is 37.4. The average Bonchev–Trinajstić information content (AvgIpc) is 3.71. The molecule has 1 unspecified atom stereocenters. The van der Waals surface area contributed by atoms with E-state index in [1.54, 1.807) is 27.5 Å². The van der Waals surface area contributed by atoms with E-state index in [1.165, 1.54) is 6.33 Å². The van der Waals surface area contributed by atoms with Crippen LogP contribution in [0.3, 0.4) is 0 Å².